The summed E-state index contributed by atoms with van der Waals surface area (Å²) in [6.07, 6.45) is 2.63. The first-order valence-electron chi connectivity index (χ1n) is 9.44. The van der Waals surface area contributed by atoms with E-state index in [-0.39, 0.29) is 18.0 Å². The van der Waals surface area contributed by atoms with Gasteiger partial charge in [-0.3, -0.25) is 4.79 Å². The number of ether oxygens (including phenoxy) is 1. The lowest BCUT2D eigenvalue weighted by atomic mass is 10.1. The fourth-order valence-corrected chi connectivity index (χ4v) is 2.99. The van der Waals surface area contributed by atoms with E-state index in [0.29, 0.717) is 44.2 Å². The van der Waals surface area contributed by atoms with Gasteiger partial charge in [-0.15, -0.1) is 0 Å². The summed E-state index contributed by atoms with van der Waals surface area (Å²) in [6.45, 7) is 5.29. The van der Waals surface area contributed by atoms with E-state index in [0.717, 1.165) is 11.3 Å². The van der Waals surface area contributed by atoms with Gasteiger partial charge in [0.05, 0.1) is 6.61 Å². The highest BCUT2D eigenvalue weighted by Crippen LogP contribution is 2.15. The monoisotopic (exact) mass is 383 g/mol. The molecule has 148 valence electrons. The van der Waals surface area contributed by atoms with E-state index in [9.17, 15) is 9.59 Å². The van der Waals surface area contributed by atoms with Gasteiger partial charge in [0.25, 0.3) is 5.91 Å². The number of nitrogens with one attached hydrogen (secondary N) is 2. The van der Waals surface area contributed by atoms with Crippen molar-refractivity contribution in [3.63, 3.8) is 0 Å². The molecule has 1 saturated heterocycles. The van der Waals surface area contributed by atoms with E-state index in [4.69, 9.17) is 4.74 Å². The van der Waals surface area contributed by atoms with Gasteiger partial charge in [-0.05, 0) is 44.9 Å². The summed E-state index contributed by atoms with van der Waals surface area (Å²) in [4.78, 5) is 34.4. The zero-order valence-corrected chi connectivity index (χ0v) is 16.1. The second-order valence-corrected chi connectivity index (χ2v) is 6.69. The van der Waals surface area contributed by atoms with Crippen molar-refractivity contribution < 1.29 is 14.3 Å². The molecule has 8 heteroatoms. The summed E-state index contributed by atoms with van der Waals surface area (Å²) >= 11 is 0. The molecule has 1 fully saturated rings. The van der Waals surface area contributed by atoms with Crippen LogP contribution in [0.25, 0.3) is 0 Å². The second kappa shape index (κ2) is 9.16. The molecule has 1 aromatic carbocycles. The van der Waals surface area contributed by atoms with Crippen LogP contribution in [0.3, 0.4) is 0 Å². The van der Waals surface area contributed by atoms with Crippen molar-refractivity contribution in [1.82, 2.24) is 20.2 Å². The van der Waals surface area contributed by atoms with Crippen LogP contribution in [-0.2, 0) is 4.74 Å². The van der Waals surface area contributed by atoms with Crippen LogP contribution in [0.2, 0.25) is 0 Å². The summed E-state index contributed by atoms with van der Waals surface area (Å²) in [7, 11) is 0. The number of nitrogens with zero attached hydrogens (tertiary/aromatic N) is 3. The molecule has 1 aliphatic heterocycles. The van der Waals surface area contributed by atoms with Crippen LogP contribution < -0.4 is 10.6 Å². The standard InChI is InChI=1S/C20H25N5O3/c1-3-28-20(27)25-12-9-16(10-13-25)22-18(26)17-8-11-21-19(24-17)23-15-6-4-14(2)5-7-15/h4-8,11,16H,3,9-10,12-13H2,1-2H3,(H,22,26)(H,21,23,24). The number of rotatable bonds is 5. The molecule has 2 aromatic rings. The maximum atomic E-state index is 12.5. The summed E-state index contributed by atoms with van der Waals surface area (Å²) in [5.74, 6) is 0.123. The van der Waals surface area contributed by atoms with Gasteiger partial charge >= 0.3 is 6.09 Å². The number of amides is 2. The minimum atomic E-state index is -0.296. The topological polar surface area (TPSA) is 96.5 Å². The lowest BCUT2D eigenvalue weighted by Crippen LogP contribution is -2.46. The van der Waals surface area contributed by atoms with Crippen LogP contribution in [-0.4, -0.2) is 52.6 Å². The highest BCUT2D eigenvalue weighted by Gasteiger charge is 2.25. The molecule has 1 aliphatic rings. The average molecular weight is 383 g/mol. The molecule has 0 bridgehead atoms. The van der Waals surface area contributed by atoms with Gasteiger partial charge in [0.2, 0.25) is 5.95 Å². The number of benzene rings is 1. The van der Waals surface area contributed by atoms with Gasteiger partial charge in [-0.2, -0.15) is 0 Å². The second-order valence-electron chi connectivity index (χ2n) is 6.69. The van der Waals surface area contributed by atoms with E-state index >= 15 is 0 Å². The van der Waals surface area contributed by atoms with Gasteiger partial charge in [-0.1, -0.05) is 17.7 Å². The van der Waals surface area contributed by atoms with Crippen molar-refractivity contribution in [3.05, 3.63) is 47.8 Å². The third-order valence-electron chi connectivity index (χ3n) is 4.55. The molecule has 2 amide bonds. The zero-order valence-electron chi connectivity index (χ0n) is 16.1. The molecular formula is C20H25N5O3. The summed E-state index contributed by atoms with van der Waals surface area (Å²) < 4.78 is 5.01. The molecule has 1 aromatic heterocycles. The third kappa shape index (κ3) is 5.18. The molecule has 0 unspecified atom stereocenters. The number of hydrogen-bond acceptors (Lipinski definition) is 6. The Balaban J connectivity index is 1.55. The number of carbonyl (C=O) groups excluding carboxylic acids is 2. The van der Waals surface area contributed by atoms with Crippen molar-refractivity contribution in [1.29, 1.82) is 0 Å². The maximum Gasteiger partial charge on any atom is 0.409 e. The molecule has 0 saturated carbocycles. The molecule has 0 radical (unpaired) electrons. The molecule has 8 nitrogen and oxygen atoms in total. The Morgan fingerprint density at radius 1 is 1.18 bits per heavy atom. The van der Waals surface area contributed by atoms with Crippen LogP contribution in [0, 0.1) is 6.92 Å². The molecule has 28 heavy (non-hydrogen) atoms. The van der Waals surface area contributed by atoms with Crippen LogP contribution in [0.4, 0.5) is 16.4 Å². The van der Waals surface area contributed by atoms with Crippen molar-refractivity contribution in [2.45, 2.75) is 32.7 Å². The average Bonchev–Trinajstić information content (AvgIpc) is 2.71. The predicted molar refractivity (Wildman–Crippen MR) is 106 cm³/mol. The summed E-state index contributed by atoms with van der Waals surface area (Å²) in [5, 5.41) is 6.09. The van der Waals surface area contributed by atoms with Gasteiger partial charge in [0.1, 0.15) is 5.69 Å². The number of anilines is 2. The Labute approximate surface area is 164 Å². The Morgan fingerprint density at radius 2 is 1.89 bits per heavy atom. The van der Waals surface area contributed by atoms with Gasteiger partial charge in [0.15, 0.2) is 0 Å². The smallest absolute Gasteiger partial charge is 0.409 e. The fraction of sp³-hybridized carbons (Fsp3) is 0.400. The first-order chi connectivity index (χ1) is 13.5. The van der Waals surface area contributed by atoms with Gasteiger partial charge in [-0.25, -0.2) is 14.8 Å². The van der Waals surface area contributed by atoms with E-state index < -0.39 is 0 Å². The van der Waals surface area contributed by atoms with Crippen molar-refractivity contribution in [2.75, 3.05) is 25.0 Å². The number of piperidine rings is 1. The number of likely N-dealkylation sites (tertiary alicyclic amines) is 1. The first kappa shape index (κ1) is 19.6. The van der Waals surface area contributed by atoms with Crippen LogP contribution in [0.1, 0.15) is 35.8 Å². The lowest BCUT2D eigenvalue weighted by Gasteiger charge is -2.31. The van der Waals surface area contributed by atoms with E-state index in [1.807, 2.05) is 31.2 Å². The van der Waals surface area contributed by atoms with Gasteiger partial charge < -0.3 is 20.3 Å². The summed E-state index contributed by atoms with van der Waals surface area (Å²) in [6, 6.07) is 9.43. The number of aromatic nitrogens is 2. The van der Waals surface area contributed by atoms with E-state index in [1.165, 1.54) is 0 Å². The number of carbonyl (C=O) groups is 2. The zero-order chi connectivity index (χ0) is 19.9. The first-order valence-corrected chi connectivity index (χ1v) is 9.44. The Morgan fingerprint density at radius 3 is 2.57 bits per heavy atom. The van der Waals surface area contributed by atoms with Crippen LogP contribution in [0.5, 0.6) is 0 Å². The fourth-order valence-electron chi connectivity index (χ4n) is 2.99. The minimum Gasteiger partial charge on any atom is -0.450 e. The van der Waals surface area contributed by atoms with Crippen molar-refractivity contribution in [3.8, 4) is 0 Å². The SMILES string of the molecule is CCOC(=O)N1CCC(NC(=O)c2ccnc(Nc3ccc(C)cc3)n2)CC1. The highest BCUT2D eigenvalue weighted by atomic mass is 16.6. The van der Waals surface area contributed by atoms with Gasteiger partial charge in [0, 0.05) is 31.0 Å². The number of aryl methyl sites for hydroxylation is 1. The normalized spacial score (nSPS) is 14.4. The lowest BCUT2D eigenvalue weighted by molar-refractivity contribution is 0.0856. The molecule has 2 N–H and O–H groups in total. The molecule has 3 rings (SSSR count). The highest BCUT2D eigenvalue weighted by molar-refractivity contribution is 5.92. The molecule has 0 aliphatic carbocycles. The molecule has 0 spiro atoms. The molecular weight excluding hydrogens is 358 g/mol. The third-order valence-corrected chi connectivity index (χ3v) is 4.55. The Bertz CT molecular complexity index is 817. The minimum absolute atomic E-state index is 0.00153. The summed E-state index contributed by atoms with van der Waals surface area (Å²) in [5.41, 5.74) is 2.32. The largest absolute Gasteiger partial charge is 0.450 e. The Hall–Kier alpha value is -3.16. The van der Waals surface area contributed by atoms with E-state index in [2.05, 4.69) is 20.6 Å². The van der Waals surface area contributed by atoms with E-state index in [1.54, 1.807) is 24.1 Å². The van der Waals surface area contributed by atoms with Crippen LogP contribution in [0.15, 0.2) is 36.5 Å². The van der Waals surface area contributed by atoms with Crippen molar-refractivity contribution in [2.24, 2.45) is 0 Å². The molecule has 2 heterocycles. The van der Waals surface area contributed by atoms with Crippen LogP contribution >= 0.6 is 0 Å². The maximum absolute atomic E-state index is 12.5. The van der Waals surface area contributed by atoms with Crippen molar-refractivity contribution >= 4 is 23.6 Å². The number of hydrogen-bond donors (Lipinski definition) is 2. The quantitative estimate of drug-likeness (QED) is 0.824. The Kier molecular flexibility index (Phi) is 6.41. The predicted octanol–water partition coefficient (Wildman–Crippen LogP) is 2.88. The molecule has 0 atom stereocenters.